The number of hydrogen-bond donors (Lipinski definition) is 0. The van der Waals surface area contributed by atoms with Gasteiger partial charge in [0.25, 0.3) is 5.91 Å². The number of rotatable bonds is 7. The third kappa shape index (κ3) is 3.00. The van der Waals surface area contributed by atoms with Crippen molar-refractivity contribution in [1.82, 2.24) is 29.5 Å². The summed E-state index contributed by atoms with van der Waals surface area (Å²) in [5.41, 5.74) is 2.58. The highest BCUT2D eigenvalue weighted by Crippen LogP contribution is 2.44. The Morgan fingerprint density at radius 1 is 1.31 bits per heavy atom. The van der Waals surface area contributed by atoms with E-state index < -0.39 is 0 Å². The van der Waals surface area contributed by atoms with E-state index >= 15 is 0 Å². The number of aromatic nitrogens is 4. The minimum Gasteiger partial charge on any atom is -0.337 e. The molecule has 1 fully saturated rings. The van der Waals surface area contributed by atoms with E-state index in [9.17, 15) is 4.79 Å². The maximum atomic E-state index is 12.9. The third-order valence-electron chi connectivity index (χ3n) is 5.62. The predicted octanol–water partition coefficient (Wildman–Crippen LogP) is 3.51. The van der Waals surface area contributed by atoms with Crippen molar-refractivity contribution in [2.75, 3.05) is 19.6 Å². The normalized spacial score (nSPS) is 17.7. The number of hydrogen-bond acceptors (Lipinski definition) is 7. The summed E-state index contributed by atoms with van der Waals surface area (Å²) in [4.78, 5) is 27.2. The van der Waals surface area contributed by atoms with Crippen LogP contribution in [0.2, 0.25) is 0 Å². The number of imidazole rings is 1. The number of fused-ring (bicyclic) bond motifs is 5. The second-order valence-electron chi connectivity index (χ2n) is 7.57. The highest BCUT2D eigenvalue weighted by Gasteiger charge is 2.42. The summed E-state index contributed by atoms with van der Waals surface area (Å²) < 4.78 is 7.59. The van der Waals surface area contributed by atoms with E-state index in [-0.39, 0.29) is 11.9 Å². The van der Waals surface area contributed by atoms with Gasteiger partial charge in [-0.25, -0.2) is 4.98 Å². The quantitative estimate of drug-likeness (QED) is 0.591. The van der Waals surface area contributed by atoms with E-state index in [4.69, 9.17) is 4.52 Å². The molecule has 2 aliphatic heterocycles. The smallest absolute Gasteiger partial charge is 0.266 e. The van der Waals surface area contributed by atoms with Gasteiger partial charge in [-0.05, 0) is 43.8 Å². The summed E-state index contributed by atoms with van der Waals surface area (Å²) in [6.07, 6.45) is 4.88. The second kappa shape index (κ2) is 7.38. The third-order valence-corrected chi connectivity index (χ3v) is 6.51. The average Bonchev–Trinajstić information content (AvgIpc) is 3.39. The number of carbonyl (C=O) groups excluding carboxylic acids is 1. The molecule has 9 heteroatoms. The molecule has 2 aliphatic rings. The zero-order valence-corrected chi connectivity index (χ0v) is 17.5. The fourth-order valence-electron chi connectivity index (χ4n) is 4.25. The molecule has 1 atom stereocenters. The molecule has 5 rings (SSSR count). The van der Waals surface area contributed by atoms with Crippen LogP contribution in [0.25, 0.3) is 17.2 Å². The van der Waals surface area contributed by atoms with Gasteiger partial charge in [0.1, 0.15) is 16.9 Å². The summed E-state index contributed by atoms with van der Waals surface area (Å²) in [7, 11) is 0. The molecule has 0 saturated carbocycles. The Hall–Kier alpha value is -2.52. The van der Waals surface area contributed by atoms with Gasteiger partial charge in [-0.15, -0.1) is 11.3 Å². The first kappa shape index (κ1) is 18.5. The predicted molar refractivity (Wildman–Crippen MR) is 109 cm³/mol. The van der Waals surface area contributed by atoms with Crippen LogP contribution in [0.15, 0.2) is 22.3 Å². The number of amides is 1. The Morgan fingerprint density at radius 2 is 2.14 bits per heavy atom. The molecule has 29 heavy (non-hydrogen) atoms. The van der Waals surface area contributed by atoms with Gasteiger partial charge in [-0.3, -0.25) is 14.3 Å². The molecule has 152 valence electrons. The summed E-state index contributed by atoms with van der Waals surface area (Å²) in [6.45, 7) is 7.77. The van der Waals surface area contributed by atoms with E-state index in [1.165, 1.54) is 11.3 Å². The molecule has 0 radical (unpaired) electrons. The first-order valence-electron chi connectivity index (χ1n) is 10.2. The fourth-order valence-corrected chi connectivity index (χ4v) is 5.09. The van der Waals surface area contributed by atoms with Crippen molar-refractivity contribution < 1.29 is 9.32 Å². The van der Waals surface area contributed by atoms with Crippen molar-refractivity contribution in [2.45, 2.75) is 45.7 Å². The number of carbonyl (C=O) groups is 1. The lowest BCUT2D eigenvalue weighted by Gasteiger charge is -2.39. The van der Waals surface area contributed by atoms with E-state index in [1.54, 1.807) is 6.33 Å². The molecule has 0 aliphatic carbocycles. The van der Waals surface area contributed by atoms with E-state index in [0.717, 1.165) is 55.2 Å². The molecule has 1 amide bonds. The lowest BCUT2D eigenvalue weighted by Crippen LogP contribution is -2.44. The monoisotopic (exact) mass is 412 g/mol. The minimum absolute atomic E-state index is 0.0123. The highest BCUT2D eigenvalue weighted by molar-refractivity contribution is 7.12. The van der Waals surface area contributed by atoms with Crippen LogP contribution in [0.4, 0.5) is 0 Å². The standard InChI is InChI=1S/C20H24N6O2S/c1-3-7-24(8-4-2)11-15-22-19(23-28-15)16-17-13-5-9-25(13)20(27)18-14(6-10-29-18)26(17)12-21-16/h6,10,12-13H,3-5,7-9,11H2,1-2H3/t13-/m0/s1. The van der Waals surface area contributed by atoms with Crippen molar-refractivity contribution >= 4 is 17.2 Å². The molecule has 1 saturated heterocycles. The first-order valence-corrected chi connectivity index (χ1v) is 11.1. The van der Waals surface area contributed by atoms with Crippen LogP contribution in [0.1, 0.15) is 60.4 Å². The van der Waals surface area contributed by atoms with Gasteiger partial charge in [0.15, 0.2) is 0 Å². The zero-order chi connectivity index (χ0) is 20.0. The molecule has 0 bridgehead atoms. The Kier molecular flexibility index (Phi) is 4.71. The molecule has 5 heterocycles. The van der Waals surface area contributed by atoms with E-state index in [1.807, 2.05) is 20.9 Å². The Balaban J connectivity index is 1.50. The van der Waals surface area contributed by atoms with Gasteiger partial charge < -0.3 is 9.42 Å². The van der Waals surface area contributed by atoms with Gasteiger partial charge in [0, 0.05) is 6.54 Å². The SMILES string of the molecule is CCCN(CCC)Cc1nc(-c2ncn3c2[C@@H]2CCN2C(=O)c2sccc2-3)no1. The Bertz CT molecular complexity index is 1030. The average molecular weight is 413 g/mol. The molecule has 3 aromatic heterocycles. The van der Waals surface area contributed by atoms with Crippen molar-refractivity contribution in [2.24, 2.45) is 0 Å². The van der Waals surface area contributed by atoms with E-state index in [0.29, 0.717) is 24.0 Å². The zero-order valence-electron chi connectivity index (χ0n) is 16.7. The first-order chi connectivity index (χ1) is 14.2. The van der Waals surface area contributed by atoms with Crippen molar-refractivity contribution in [3.05, 3.63) is 34.2 Å². The fraction of sp³-hybridized carbons (Fsp3) is 0.500. The summed E-state index contributed by atoms with van der Waals surface area (Å²) in [5.74, 6) is 1.21. The maximum Gasteiger partial charge on any atom is 0.266 e. The van der Waals surface area contributed by atoms with Crippen LogP contribution in [-0.4, -0.2) is 55.0 Å². The molecular weight excluding hydrogens is 388 g/mol. The maximum absolute atomic E-state index is 12.9. The van der Waals surface area contributed by atoms with E-state index in [2.05, 4.69) is 33.9 Å². The summed E-state index contributed by atoms with van der Waals surface area (Å²) >= 11 is 1.48. The number of thiophene rings is 1. The molecule has 0 N–H and O–H groups in total. The van der Waals surface area contributed by atoms with Gasteiger partial charge in [-0.2, -0.15) is 4.98 Å². The Labute approximate surface area is 173 Å². The molecule has 0 aromatic carbocycles. The summed E-state index contributed by atoms with van der Waals surface area (Å²) in [6, 6.07) is 1.99. The topological polar surface area (TPSA) is 80.3 Å². The van der Waals surface area contributed by atoms with Crippen LogP contribution in [0.5, 0.6) is 0 Å². The van der Waals surface area contributed by atoms with Crippen LogP contribution >= 0.6 is 11.3 Å². The number of nitrogens with zero attached hydrogens (tertiary/aromatic N) is 6. The molecule has 3 aromatic rings. The van der Waals surface area contributed by atoms with Crippen molar-refractivity contribution in [3.8, 4) is 17.2 Å². The second-order valence-corrected chi connectivity index (χ2v) is 8.49. The van der Waals surface area contributed by atoms with Crippen molar-refractivity contribution in [3.63, 3.8) is 0 Å². The minimum atomic E-state index is 0.0123. The van der Waals surface area contributed by atoms with Crippen LogP contribution in [0, 0.1) is 0 Å². The largest absolute Gasteiger partial charge is 0.337 e. The summed E-state index contributed by atoms with van der Waals surface area (Å²) in [5, 5.41) is 6.18. The van der Waals surface area contributed by atoms with Crippen LogP contribution in [0.3, 0.4) is 0 Å². The van der Waals surface area contributed by atoms with Crippen LogP contribution < -0.4 is 0 Å². The van der Waals surface area contributed by atoms with Gasteiger partial charge in [-0.1, -0.05) is 19.0 Å². The lowest BCUT2D eigenvalue weighted by atomic mass is 9.98. The molecule has 0 spiro atoms. The van der Waals surface area contributed by atoms with Crippen LogP contribution in [-0.2, 0) is 6.54 Å². The van der Waals surface area contributed by atoms with Gasteiger partial charge in [0.2, 0.25) is 11.7 Å². The molecule has 8 nitrogen and oxygen atoms in total. The van der Waals surface area contributed by atoms with Crippen molar-refractivity contribution in [1.29, 1.82) is 0 Å². The lowest BCUT2D eigenvalue weighted by molar-refractivity contribution is 0.0466. The molecule has 0 unspecified atom stereocenters. The molecular formula is C20H24N6O2S. The highest BCUT2D eigenvalue weighted by atomic mass is 32.1. The van der Waals surface area contributed by atoms with Gasteiger partial charge >= 0.3 is 0 Å². The van der Waals surface area contributed by atoms with Gasteiger partial charge in [0.05, 0.1) is 24.0 Å². The Morgan fingerprint density at radius 3 is 2.86 bits per heavy atom.